The first kappa shape index (κ1) is 24.2. The first-order valence-corrected chi connectivity index (χ1v) is 9.65. The summed E-state index contributed by atoms with van der Waals surface area (Å²) in [5.41, 5.74) is 4.07. The summed E-state index contributed by atoms with van der Waals surface area (Å²) < 4.78 is 42.7. The molecule has 0 saturated heterocycles. The fourth-order valence-electron chi connectivity index (χ4n) is 2.48. The van der Waals surface area contributed by atoms with Crippen LogP contribution in [0.2, 0.25) is 5.02 Å². The van der Waals surface area contributed by atoms with Gasteiger partial charge in [-0.2, -0.15) is 18.3 Å². The van der Waals surface area contributed by atoms with E-state index in [4.69, 9.17) is 16.3 Å². The molecule has 0 aliphatic heterocycles. The molecule has 0 atom stereocenters. The summed E-state index contributed by atoms with van der Waals surface area (Å²) >= 11 is 5.89. The largest absolute Gasteiger partial charge is 0.493 e. The van der Waals surface area contributed by atoms with Gasteiger partial charge in [-0.15, -0.1) is 0 Å². The maximum Gasteiger partial charge on any atom is 0.471 e. The number of hydrazone groups is 1. The number of halogens is 4. The van der Waals surface area contributed by atoms with Crippen LogP contribution in [0.25, 0.3) is 0 Å². The van der Waals surface area contributed by atoms with Crippen LogP contribution in [0.3, 0.4) is 0 Å². The second-order valence-electron chi connectivity index (χ2n) is 6.63. The Bertz CT molecular complexity index is 978. The number of hydrogen-bond donors (Lipinski definition) is 2. The molecule has 0 saturated carbocycles. The van der Waals surface area contributed by atoms with Crippen molar-refractivity contribution in [3.63, 3.8) is 0 Å². The van der Waals surface area contributed by atoms with E-state index in [0.29, 0.717) is 35.1 Å². The zero-order valence-corrected chi connectivity index (χ0v) is 17.6. The Morgan fingerprint density at radius 3 is 2.58 bits per heavy atom. The van der Waals surface area contributed by atoms with E-state index in [2.05, 4.69) is 10.5 Å². The number of hydrogen-bond acceptors (Lipinski definition) is 4. The maximum atomic E-state index is 12.4. The molecule has 31 heavy (non-hydrogen) atoms. The molecular weight excluding hydrogens is 435 g/mol. The third kappa shape index (κ3) is 7.93. The average Bonchev–Trinajstić information content (AvgIpc) is 2.70. The van der Waals surface area contributed by atoms with Crippen LogP contribution in [0.5, 0.6) is 5.75 Å². The third-order valence-electron chi connectivity index (χ3n) is 4.09. The molecule has 2 N–H and O–H groups in total. The second-order valence-corrected chi connectivity index (χ2v) is 7.06. The standard InChI is InChI=1S/C21H21ClF3N3O3/c1-13-11-16(22)8-9-18(13)31-10-4-7-19(29)28-27-14(2)15-5-3-6-17(12-15)26-20(30)21(23,24)25/h3,5-6,8-9,11-12H,4,7,10H2,1-2H3,(H,26,30)(H,28,29)/b27-14-. The Morgan fingerprint density at radius 1 is 1.16 bits per heavy atom. The SMILES string of the molecule is C/C(=N/NC(=O)CCCOc1ccc(Cl)cc1C)c1cccc(NC(=O)C(F)(F)F)c1. The second kappa shape index (κ2) is 10.8. The molecule has 2 aromatic rings. The summed E-state index contributed by atoms with van der Waals surface area (Å²) in [6, 6.07) is 11.0. The molecule has 0 aromatic heterocycles. The van der Waals surface area contributed by atoms with Crippen molar-refractivity contribution in [1.29, 1.82) is 0 Å². The Labute approximate surface area is 182 Å². The summed E-state index contributed by atoms with van der Waals surface area (Å²) in [4.78, 5) is 23.0. The molecular formula is C21H21ClF3N3O3. The molecule has 10 heteroatoms. The fraction of sp³-hybridized carbons (Fsp3) is 0.286. The van der Waals surface area contributed by atoms with Crippen LogP contribution >= 0.6 is 11.6 Å². The lowest BCUT2D eigenvalue weighted by molar-refractivity contribution is -0.167. The van der Waals surface area contributed by atoms with Gasteiger partial charge in [-0.25, -0.2) is 5.43 Å². The average molecular weight is 456 g/mol. The highest BCUT2D eigenvalue weighted by molar-refractivity contribution is 6.30. The molecule has 2 rings (SSSR count). The Kier molecular flexibility index (Phi) is 8.44. The van der Waals surface area contributed by atoms with Crippen molar-refractivity contribution in [2.24, 2.45) is 5.10 Å². The van der Waals surface area contributed by atoms with E-state index in [1.165, 1.54) is 18.2 Å². The van der Waals surface area contributed by atoms with Gasteiger partial charge in [-0.1, -0.05) is 23.7 Å². The van der Waals surface area contributed by atoms with Crippen molar-refractivity contribution in [2.45, 2.75) is 32.9 Å². The van der Waals surface area contributed by atoms with Crippen LogP contribution in [0.4, 0.5) is 18.9 Å². The lowest BCUT2D eigenvalue weighted by Gasteiger charge is -2.10. The monoisotopic (exact) mass is 455 g/mol. The smallest absolute Gasteiger partial charge is 0.471 e. The van der Waals surface area contributed by atoms with E-state index in [1.54, 1.807) is 36.5 Å². The Hall–Kier alpha value is -3.07. The van der Waals surface area contributed by atoms with Crippen molar-refractivity contribution in [1.82, 2.24) is 5.43 Å². The summed E-state index contributed by atoms with van der Waals surface area (Å²) in [7, 11) is 0. The molecule has 166 valence electrons. The van der Waals surface area contributed by atoms with E-state index in [0.717, 1.165) is 5.56 Å². The van der Waals surface area contributed by atoms with Gasteiger partial charge in [0.1, 0.15) is 5.75 Å². The van der Waals surface area contributed by atoms with Gasteiger partial charge in [0.2, 0.25) is 5.91 Å². The maximum absolute atomic E-state index is 12.4. The number of carbonyl (C=O) groups is 2. The van der Waals surface area contributed by atoms with Gasteiger partial charge in [0.15, 0.2) is 0 Å². The van der Waals surface area contributed by atoms with Gasteiger partial charge in [0.25, 0.3) is 0 Å². The highest BCUT2D eigenvalue weighted by atomic mass is 35.5. The van der Waals surface area contributed by atoms with Gasteiger partial charge >= 0.3 is 12.1 Å². The predicted molar refractivity (Wildman–Crippen MR) is 112 cm³/mol. The minimum Gasteiger partial charge on any atom is -0.493 e. The molecule has 0 spiro atoms. The number of anilines is 1. The fourth-order valence-corrected chi connectivity index (χ4v) is 2.71. The first-order chi connectivity index (χ1) is 14.6. The quantitative estimate of drug-likeness (QED) is 0.339. The third-order valence-corrected chi connectivity index (χ3v) is 4.32. The van der Waals surface area contributed by atoms with Crippen molar-refractivity contribution in [2.75, 3.05) is 11.9 Å². The van der Waals surface area contributed by atoms with E-state index in [-0.39, 0.29) is 18.0 Å². The summed E-state index contributed by atoms with van der Waals surface area (Å²) in [6.45, 7) is 3.78. The van der Waals surface area contributed by atoms with Crippen LogP contribution in [-0.4, -0.2) is 30.3 Å². The molecule has 0 heterocycles. The van der Waals surface area contributed by atoms with Crippen LogP contribution in [0, 0.1) is 6.92 Å². The highest BCUT2D eigenvalue weighted by Crippen LogP contribution is 2.22. The number of ether oxygens (including phenoxy) is 1. The van der Waals surface area contributed by atoms with Crippen LogP contribution < -0.4 is 15.5 Å². The predicted octanol–water partition coefficient (Wildman–Crippen LogP) is 4.85. The number of amides is 2. The van der Waals surface area contributed by atoms with Gasteiger partial charge in [-0.05, 0) is 61.7 Å². The first-order valence-electron chi connectivity index (χ1n) is 9.27. The van der Waals surface area contributed by atoms with E-state index in [1.807, 2.05) is 6.92 Å². The molecule has 0 unspecified atom stereocenters. The molecule has 2 aromatic carbocycles. The van der Waals surface area contributed by atoms with E-state index < -0.39 is 12.1 Å². The van der Waals surface area contributed by atoms with Crippen molar-refractivity contribution in [3.05, 3.63) is 58.6 Å². The lowest BCUT2D eigenvalue weighted by Crippen LogP contribution is -2.29. The number of rotatable bonds is 8. The molecule has 0 fully saturated rings. The summed E-state index contributed by atoms with van der Waals surface area (Å²) in [5, 5.41) is 6.34. The number of nitrogens with one attached hydrogen (secondary N) is 2. The molecule has 6 nitrogen and oxygen atoms in total. The van der Waals surface area contributed by atoms with E-state index in [9.17, 15) is 22.8 Å². The Balaban J connectivity index is 1.82. The van der Waals surface area contributed by atoms with Gasteiger partial charge < -0.3 is 10.1 Å². The molecule has 0 aliphatic carbocycles. The normalized spacial score (nSPS) is 11.7. The number of nitrogens with zero attached hydrogens (tertiary/aromatic N) is 1. The molecule has 0 aliphatic rings. The van der Waals surface area contributed by atoms with Gasteiger partial charge in [0.05, 0.1) is 12.3 Å². The molecule has 0 bridgehead atoms. The van der Waals surface area contributed by atoms with Gasteiger partial charge in [0, 0.05) is 17.1 Å². The van der Waals surface area contributed by atoms with Crippen LogP contribution in [0.15, 0.2) is 47.6 Å². The van der Waals surface area contributed by atoms with Crippen molar-refractivity contribution in [3.8, 4) is 5.75 Å². The Morgan fingerprint density at radius 2 is 1.90 bits per heavy atom. The minimum absolute atomic E-state index is 0.0321. The van der Waals surface area contributed by atoms with Crippen molar-refractivity contribution < 1.29 is 27.5 Å². The minimum atomic E-state index is -4.98. The topological polar surface area (TPSA) is 79.8 Å². The number of carbonyl (C=O) groups excluding carboxylic acids is 2. The molecule has 0 radical (unpaired) electrons. The van der Waals surface area contributed by atoms with Gasteiger partial charge in [-0.3, -0.25) is 9.59 Å². The molecule has 2 amide bonds. The van der Waals surface area contributed by atoms with Crippen molar-refractivity contribution >= 4 is 34.8 Å². The number of alkyl halides is 3. The van der Waals surface area contributed by atoms with Crippen LogP contribution in [0.1, 0.15) is 30.9 Å². The van der Waals surface area contributed by atoms with E-state index >= 15 is 0 Å². The summed E-state index contributed by atoms with van der Waals surface area (Å²) in [5.74, 6) is -1.71. The lowest BCUT2D eigenvalue weighted by atomic mass is 10.1. The summed E-state index contributed by atoms with van der Waals surface area (Å²) in [6.07, 6.45) is -4.35. The number of benzene rings is 2. The van der Waals surface area contributed by atoms with Crippen LogP contribution in [-0.2, 0) is 9.59 Å². The zero-order chi connectivity index (χ0) is 23.0. The number of aryl methyl sites for hydroxylation is 1. The zero-order valence-electron chi connectivity index (χ0n) is 16.8. The highest BCUT2D eigenvalue weighted by Gasteiger charge is 2.38.